The van der Waals surface area contributed by atoms with Gasteiger partial charge in [0, 0.05) is 7.05 Å². The molecule has 0 unspecified atom stereocenters. The maximum absolute atomic E-state index is 11.4. The topological polar surface area (TPSA) is 71.6 Å². The van der Waals surface area contributed by atoms with Crippen LogP contribution in [0.3, 0.4) is 0 Å². The van der Waals surface area contributed by atoms with E-state index in [0.717, 1.165) is 0 Å². The van der Waals surface area contributed by atoms with Crippen molar-refractivity contribution in [1.29, 1.82) is 0 Å². The van der Waals surface area contributed by atoms with E-state index in [1.807, 2.05) is 0 Å². The van der Waals surface area contributed by atoms with Crippen LogP contribution in [0.15, 0.2) is 0 Å². The molecule has 3 N–H and O–H groups in total. The van der Waals surface area contributed by atoms with Crippen LogP contribution in [0.1, 0.15) is 13.3 Å². The van der Waals surface area contributed by atoms with Crippen LogP contribution < -0.4 is 16.2 Å². The fourth-order valence-corrected chi connectivity index (χ4v) is 1.23. The number of hydrogen-bond acceptors (Lipinski definition) is 4. The van der Waals surface area contributed by atoms with Crippen LogP contribution in [0.25, 0.3) is 0 Å². The van der Waals surface area contributed by atoms with E-state index >= 15 is 0 Å². The largest absolute Gasteiger partial charge is 0.364 e. The number of ether oxygens (including phenoxy) is 2. The first-order chi connectivity index (χ1) is 7.06. The molecular weight excluding hydrogens is 218 g/mol. The van der Waals surface area contributed by atoms with Gasteiger partial charge < -0.3 is 14.8 Å². The number of carbonyl (C=O) groups excluding carboxylic acids is 1. The smallest absolute Gasteiger partial charge is 0.243 e. The second-order valence-electron chi connectivity index (χ2n) is 3.26. The Morgan fingerprint density at radius 2 is 2.00 bits per heavy atom. The summed E-state index contributed by atoms with van der Waals surface area (Å²) in [6.07, 6.45) is 0.131. The van der Waals surface area contributed by atoms with Crippen molar-refractivity contribution in [1.82, 2.24) is 16.2 Å². The van der Waals surface area contributed by atoms with Crippen LogP contribution in [0, 0.1) is 0 Å². The van der Waals surface area contributed by atoms with Gasteiger partial charge in [-0.25, -0.2) is 0 Å². The molecule has 7 heteroatoms. The van der Waals surface area contributed by atoms with E-state index in [9.17, 15) is 4.79 Å². The van der Waals surface area contributed by atoms with Gasteiger partial charge in [0.1, 0.15) is 0 Å². The first-order valence-electron chi connectivity index (χ1n) is 4.60. The number of amides is 1. The van der Waals surface area contributed by atoms with Gasteiger partial charge in [-0.1, -0.05) is 0 Å². The van der Waals surface area contributed by atoms with Gasteiger partial charge in [-0.05, 0) is 19.1 Å². The fourth-order valence-electron chi connectivity index (χ4n) is 1.18. The number of hydrogen-bond donors (Lipinski definition) is 3. The Bertz CT molecular complexity index is 254. The van der Waals surface area contributed by atoms with Crippen molar-refractivity contribution in [3.8, 4) is 0 Å². The van der Waals surface area contributed by atoms with E-state index < -0.39 is 5.79 Å². The zero-order chi connectivity index (χ0) is 11.3. The van der Waals surface area contributed by atoms with Crippen LogP contribution >= 0.6 is 12.2 Å². The van der Waals surface area contributed by atoms with E-state index in [1.165, 1.54) is 0 Å². The van der Waals surface area contributed by atoms with E-state index in [4.69, 9.17) is 21.7 Å². The highest BCUT2D eigenvalue weighted by molar-refractivity contribution is 7.80. The third-order valence-electron chi connectivity index (χ3n) is 1.92. The maximum atomic E-state index is 11.4. The second kappa shape index (κ2) is 5.24. The fraction of sp³-hybridized carbons (Fsp3) is 0.750. The minimum absolute atomic E-state index is 0.131. The molecule has 0 aliphatic carbocycles. The lowest BCUT2D eigenvalue weighted by Gasteiger charge is -2.21. The van der Waals surface area contributed by atoms with Gasteiger partial charge in [-0.2, -0.15) is 0 Å². The Kier molecular flexibility index (Phi) is 4.25. The quantitative estimate of drug-likeness (QED) is 0.431. The second-order valence-corrected chi connectivity index (χ2v) is 3.67. The Morgan fingerprint density at radius 1 is 1.40 bits per heavy atom. The number of hydrazine groups is 1. The molecule has 0 bridgehead atoms. The maximum Gasteiger partial charge on any atom is 0.243 e. The summed E-state index contributed by atoms with van der Waals surface area (Å²) < 4.78 is 10.6. The van der Waals surface area contributed by atoms with Crippen LogP contribution in [0.5, 0.6) is 0 Å². The number of rotatable bonds is 2. The van der Waals surface area contributed by atoms with Crippen molar-refractivity contribution >= 4 is 23.2 Å². The molecule has 86 valence electrons. The van der Waals surface area contributed by atoms with Crippen molar-refractivity contribution in [3.63, 3.8) is 0 Å². The predicted molar refractivity (Wildman–Crippen MR) is 57.9 cm³/mol. The first kappa shape index (κ1) is 12.2. The molecule has 0 aromatic heterocycles. The molecule has 0 saturated carbocycles. The minimum atomic E-state index is -0.812. The first-order valence-corrected chi connectivity index (χ1v) is 5.01. The lowest BCUT2D eigenvalue weighted by Crippen LogP contribution is -2.47. The van der Waals surface area contributed by atoms with E-state index in [2.05, 4.69) is 16.2 Å². The van der Waals surface area contributed by atoms with Gasteiger partial charge in [0.05, 0.1) is 19.6 Å². The van der Waals surface area contributed by atoms with Crippen LogP contribution in [0.4, 0.5) is 0 Å². The summed E-state index contributed by atoms with van der Waals surface area (Å²) >= 11 is 4.78. The number of nitrogens with one attached hydrogen (secondary N) is 3. The molecule has 1 rings (SSSR count). The summed E-state index contributed by atoms with van der Waals surface area (Å²) in [5.74, 6) is -1.05. The summed E-state index contributed by atoms with van der Waals surface area (Å²) in [4.78, 5) is 11.4. The molecule has 1 fully saturated rings. The highest BCUT2D eigenvalue weighted by Gasteiger charge is 2.33. The Morgan fingerprint density at radius 3 is 2.53 bits per heavy atom. The lowest BCUT2D eigenvalue weighted by molar-refractivity contribution is -0.160. The van der Waals surface area contributed by atoms with Gasteiger partial charge >= 0.3 is 0 Å². The molecule has 1 aliphatic rings. The monoisotopic (exact) mass is 233 g/mol. The highest BCUT2D eigenvalue weighted by atomic mass is 32.1. The molecule has 0 aromatic rings. The molecule has 0 atom stereocenters. The molecule has 0 spiro atoms. The zero-order valence-electron chi connectivity index (χ0n) is 8.75. The summed E-state index contributed by atoms with van der Waals surface area (Å²) in [5.41, 5.74) is 4.97. The van der Waals surface area contributed by atoms with E-state index in [-0.39, 0.29) is 12.3 Å². The van der Waals surface area contributed by atoms with Gasteiger partial charge in [0.15, 0.2) is 10.9 Å². The minimum Gasteiger partial charge on any atom is -0.364 e. The van der Waals surface area contributed by atoms with Crippen LogP contribution in [0.2, 0.25) is 0 Å². The molecule has 1 heterocycles. The standard InChI is InChI=1S/C8H15N3O3S/c1-8(13-3-4-14-8)5-6(12)10-11-7(15)9-2/h3-5H2,1-2H3,(H,10,12)(H2,9,11,15). The molecular formula is C8H15N3O3S. The molecule has 0 aromatic carbocycles. The average molecular weight is 233 g/mol. The molecule has 1 saturated heterocycles. The molecule has 6 nitrogen and oxygen atoms in total. The Hall–Kier alpha value is -0.920. The molecule has 0 radical (unpaired) electrons. The van der Waals surface area contributed by atoms with E-state index in [1.54, 1.807) is 14.0 Å². The van der Waals surface area contributed by atoms with Gasteiger partial charge in [0.25, 0.3) is 0 Å². The van der Waals surface area contributed by atoms with Crippen molar-refractivity contribution in [2.24, 2.45) is 0 Å². The van der Waals surface area contributed by atoms with Crippen LogP contribution in [-0.2, 0) is 14.3 Å². The van der Waals surface area contributed by atoms with Crippen molar-refractivity contribution in [2.45, 2.75) is 19.1 Å². The number of carbonyl (C=O) groups is 1. The third-order valence-corrected chi connectivity index (χ3v) is 2.23. The van der Waals surface area contributed by atoms with Gasteiger partial charge in [-0.3, -0.25) is 15.6 Å². The lowest BCUT2D eigenvalue weighted by atomic mass is 10.2. The summed E-state index contributed by atoms with van der Waals surface area (Å²) in [7, 11) is 1.66. The van der Waals surface area contributed by atoms with Gasteiger partial charge in [-0.15, -0.1) is 0 Å². The highest BCUT2D eigenvalue weighted by Crippen LogP contribution is 2.21. The Balaban J connectivity index is 2.26. The molecule has 1 amide bonds. The SMILES string of the molecule is CNC(=S)NNC(=O)CC1(C)OCCO1. The normalized spacial score (nSPS) is 18.3. The van der Waals surface area contributed by atoms with Crippen molar-refractivity contribution in [3.05, 3.63) is 0 Å². The van der Waals surface area contributed by atoms with Gasteiger partial charge in [0.2, 0.25) is 5.91 Å². The van der Waals surface area contributed by atoms with Crippen molar-refractivity contribution < 1.29 is 14.3 Å². The zero-order valence-corrected chi connectivity index (χ0v) is 9.57. The van der Waals surface area contributed by atoms with Crippen molar-refractivity contribution in [2.75, 3.05) is 20.3 Å². The number of thiocarbonyl (C=S) groups is 1. The predicted octanol–water partition coefficient (Wildman–Crippen LogP) is -0.735. The summed E-state index contributed by atoms with van der Waals surface area (Å²) in [6, 6.07) is 0. The van der Waals surface area contributed by atoms with E-state index in [0.29, 0.717) is 18.3 Å². The average Bonchev–Trinajstić information content (AvgIpc) is 2.61. The third kappa shape index (κ3) is 3.98. The molecule has 1 aliphatic heterocycles. The molecule has 15 heavy (non-hydrogen) atoms. The summed E-state index contributed by atoms with van der Waals surface area (Å²) in [5, 5.41) is 3.02. The van der Waals surface area contributed by atoms with Crippen LogP contribution in [-0.4, -0.2) is 37.1 Å². The Labute approximate surface area is 93.7 Å². The summed E-state index contributed by atoms with van der Waals surface area (Å²) in [6.45, 7) is 2.77.